The van der Waals surface area contributed by atoms with Crippen molar-refractivity contribution in [3.63, 3.8) is 0 Å². The zero-order chi connectivity index (χ0) is 13.2. The Morgan fingerprint density at radius 1 is 1.32 bits per heavy atom. The fraction of sp³-hybridized carbons (Fsp3) is 0.267. The summed E-state index contributed by atoms with van der Waals surface area (Å²) in [5.74, 6) is 2.57. The molecule has 1 aliphatic heterocycles. The van der Waals surface area contributed by atoms with Gasteiger partial charge in [-0.2, -0.15) is 0 Å². The molecule has 19 heavy (non-hydrogen) atoms. The van der Waals surface area contributed by atoms with Gasteiger partial charge in [0.2, 0.25) is 0 Å². The van der Waals surface area contributed by atoms with Crippen LogP contribution in [-0.4, -0.2) is 32.3 Å². The molecule has 0 bridgehead atoms. The van der Waals surface area contributed by atoms with Crippen LogP contribution in [0.4, 0.5) is 5.82 Å². The highest BCUT2D eigenvalue weighted by atomic mass is 16.5. The SMILES string of the molecule is COc1ccccc1-c1cnc2c(c1)OCCN2C. The summed E-state index contributed by atoms with van der Waals surface area (Å²) in [5.41, 5.74) is 2.03. The molecule has 0 saturated heterocycles. The molecule has 4 nitrogen and oxygen atoms in total. The Kier molecular flexibility index (Phi) is 2.99. The van der Waals surface area contributed by atoms with Crippen LogP contribution < -0.4 is 14.4 Å². The first-order valence-electron chi connectivity index (χ1n) is 6.27. The van der Waals surface area contributed by atoms with E-state index >= 15 is 0 Å². The van der Waals surface area contributed by atoms with E-state index in [1.54, 1.807) is 7.11 Å². The number of rotatable bonds is 2. The number of aromatic nitrogens is 1. The number of ether oxygens (including phenoxy) is 2. The predicted molar refractivity (Wildman–Crippen MR) is 75.0 cm³/mol. The van der Waals surface area contributed by atoms with Crippen LogP contribution in [0.1, 0.15) is 0 Å². The molecule has 0 spiro atoms. The van der Waals surface area contributed by atoms with Crippen LogP contribution in [0.3, 0.4) is 0 Å². The summed E-state index contributed by atoms with van der Waals surface area (Å²) >= 11 is 0. The normalized spacial score (nSPS) is 13.7. The Balaban J connectivity index is 2.07. The Labute approximate surface area is 112 Å². The molecule has 2 aromatic rings. The molecular formula is C15H16N2O2. The van der Waals surface area contributed by atoms with Crippen molar-refractivity contribution >= 4 is 5.82 Å². The molecule has 0 atom stereocenters. The Morgan fingerprint density at radius 3 is 3.00 bits per heavy atom. The van der Waals surface area contributed by atoms with E-state index in [4.69, 9.17) is 9.47 Å². The number of pyridine rings is 1. The van der Waals surface area contributed by atoms with Gasteiger partial charge < -0.3 is 14.4 Å². The number of hydrogen-bond donors (Lipinski definition) is 0. The maximum absolute atomic E-state index is 5.68. The first-order valence-corrected chi connectivity index (χ1v) is 6.27. The Bertz CT molecular complexity index is 598. The van der Waals surface area contributed by atoms with Gasteiger partial charge in [-0.1, -0.05) is 18.2 Å². The summed E-state index contributed by atoms with van der Waals surface area (Å²) in [5, 5.41) is 0. The molecule has 4 heteroatoms. The number of hydrogen-bond acceptors (Lipinski definition) is 4. The Morgan fingerprint density at radius 2 is 2.16 bits per heavy atom. The molecule has 0 amide bonds. The van der Waals surface area contributed by atoms with Crippen LogP contribution in [-0.2, 0) is 0 Å². The second kappa shape index (κ2) is 4.80. The van der Waals surface area contributed by atoms with Crippen LogP contribution in [0.2, 0.25) is 0 Å². The number of methoxy groups -OCH3 is 1. The first-order chi connectivity index (χ1) is 9.29. The molecule has 98 valence electrons. The highest BCUT2D eigenvalue weighted by molar-refractivity contribution is 5.73. The van der Waals surface area contributed by atoms with Crippen molar-refractivity contribution in [1.29, 1.82) is 0 Å². The quantitative estimate of drug-likeness (QED) is 0.827. The van der Waals surface area contributed by atoms with E-state index in [9.17, 15) is 0 Å². The van der Waals surface area contributed by atoms with E-state index in [0.717, 1.165) is 35.0 Å². The summed E-state index contributed by atoms with van der Waals surface area (Å²) in [7, 11) is 3.70. The lowest BCUT2D eigenvalue weighted by Crippen LogP contribution is -2.29. The van der Waals surface area contributed by atoms with Gasteiger partial charge in [0.15, 0.2) is 11.6 Å². The van der Waals surface area contributed by atoms with Crippen molar-refractivity contribution in [3.8, 4) is 22.6 Å². The molecule has 0 aliphatic carbocycles. The van der Waals surface area contributed by atoms with Crippen molar-refractivity contribution in [2.45, 2.75) is 0 Å². The maximum Gasteiger partial charge on any atom is 0.171 e. The highest BCUT2D eigenvalue weighted by Crippen LogP contribution is 2.35. The van der Waals surface area contributed by atoms with Crippen molar-refractivity contribution in [3.05, 3.63) is 36.5 Å². The lowest BCUT2D eigenvalue weighted by molar-refractivity contribution is 0.309. The van der Waals surface area contributed by atoms with E-state index in [2.05, 4.69) is 9.88 Å². The zero-order valence-electron chi connectivity index (χ0n) is 11.1. The third kappa shape index (κ3) is 2.10. The van der Waals surface area contributed by atoms with Crippen LogP contribution in [0, 0.1) is 0 Å². The van der Waals surface area contributed by atoms with Gasteiger partial charge in [0.05, 0.1) is 13.7 Å². The third-order valence-corrected chi connectivity index (χ3v) is 3.30. The highest BCUT2D eigenvalue weighted by Gasteiger charge is 2.17. The second-order valence-corrected chi connectivity index (χ2v) is 4.52. The number of benzene rings is 1. The Hall–Kier alpha value is -2.23. The molecule has 1 aromatic heterocycles. The van der Waals surface area contributed by atoms with Gasteiger partial charge in [0, 0.05) is 24.4 Å². The van der Waals surface area contributed by atoms with Gasteiger partial charge in [0.25, 0.3) is 0 Å². The van der Waals surface area contributed by atoms with Gasteiger partial charge in [0.1, 0.15) is 12.4 Å². The minimum Gasteiger partial charge on any atom is -0.496 e. The molecule has 0 N–H and O–H groups in total. The van der Waals surface area contributed by atoms with Gasteiger partial charge in [-0.05, 0) is 12.1 Å². The van der Waals surface area contributed by atoms with Crippen molar-refractivity contribution in [1.82, 2.24) is 4.98 Å². The van der Waals surface area contributed by atoms with E-state index < -0.39 is 0 Å². The minimum absolute atomic E-state index is 0.695. The monoisotopic (exact) mass is 256 g/mol. The summed E-state index contributed by atoms with van der Waals surface area (Å²) in [6, 6.07) is 9.94. The van der Waals surface area contributed by atoms with Crippen LogP contribution in [0.25, 0.3) is 11.1 Å². The van der Waals surface area contributed by atoms with E-state index in [1.165, 1.54) is 0 Å². The van der Waals surface area contributed by atoms with Crippen molar-refractivity contribution in [2.24, 2.45) is 0 Å². The van der Waals surface area contributed by atoms with Crippen molar-refractivity contribution in [2.75, 3.05) is 32.2 Å². The lowest BCUT2D eigenvalue weighted by atomic mass is 10.1. The van der Waals surface area contributed by atoms with Gasteiger partial charge >= 0.3 is 0 Å². The average molecular weight is 256 g/mol. The zero-order valence-corrected chi connectivity index (χ0v) is 11.1. The summed E-state index contributed by atoms with van der Waals surface area (Å²) in [4.78, 5) is 6.60. The topological polar surface area (TPSA) is 34.6 Å². The van der Waals surface area contributed by atoms with Crippen LogP contribution in [0.5, 0.6) is 11.5 Å². The predicted octanol–water partition coefficient (Wildman–Crippen LogP) is 2.59. The van der Waals surface area contributed by atoms with Gasteiger partial charge in [-0.15, -0.1) is 0 Å². The largest absolute Gasteiger partial charge is 0.496 e. The molecule has 3 rings (SSSR count). The van der Waals surface area contributed by atoms with Crippen LogP contribution in [0.15, 0.2) is 36.5 Å². The maximum atomic E-state index is 5.68. The molecule has 1 aromatic carbocycles. The molecule has 0 radical (unpaired) electrons. The van der Waals surface area contributed by atoms with Gasteiger partial charge in [-0.3, -0.25) is 0 Å². The molecule has 2 heterocycles. The number of para-hydroxylation sites is 1. The molecule has 0 fully saturated rings. The fourth-order valence-corrected chi connectivity index (χ4v) is 2.26. The van der Waals surface area contributed by atoms with E-state index in [0.29, 0.717) is 6.61 Å². The summed E-state index contributed by atoms with van der Waals surface area (Å²) < 4.78 is 11.1. The number of fused-ring (bicyclic) bond motifs is 1. The first kappa shape index (κ1) is 11.8. The smallest absolute Gasteiger partial charge is 0.171 e. The molecular weight excluding hydrogens is 240 g/mol. The van der Waals surface area contributed by atoms with E-state index in [1.807, 2.05) is 43.6 Å². The van der Waals surface area contributed by atoms with E-state index in [-0.39, 0.29) is 0 Å². The molecule has 0 unspecified atom stereocenters. The lowest BCUT2D eigenvalue weighted by Gasteiger charge is -2.26. The number of likely N-dealkylation sites (N-methyl/N-ethyl adjacent to an activating group) is 1. The number of anilines is 1. The summed E-state index contributed by atoms with van der Waals surface area (Å²) in [6.45, 7) is 1.56. The fourth-order valence-electron chi connectivity index (χ4n) is 2.26. The summed E-state index contributed by atoms with van der Waals surface area (Å²) in [6.07, 6.45) is 1.86. The van der Waals surface area contributed by atoms with Crippen LogP contribution >= 0.6 is 0 Å². The van der Waals surface area contributed by atoms with Gasteiger partial charge in [-0.25, -0.2) is 4.98 Å². The second-order valence-electron chi connectivity index (χ2n) is 4.52. The minimum atomic E-state index is 0.695. The third-order valence-electron chi connectivity index (χ3n) is 3.30. The average Bonchev–Trinajstić information content (AvgIpc) is 2.47. The molecule has 0 saturated carbocycles. The molecule has 1 aliphatic rings. The number of nitrogens with zero attached hydrogens (tertiary/aromatic N) is 2. The van der Waals surface area contributed by atoms with Crippen molar-refractivity contribution < 1.29 is 9.47 Å². The standard InChI is InChI=1S/C15H16N2O2/c1-17-7-8-19-14-9-11(10-16-15(14)17)12-5-3-4-6-13(12)18-2/h3-6,9-10H,7-8H2,1-2H3.